The van der Waals surface area contributed by atoms with Crippen molar-refractivity contribution in [3.63, 3.8) is 0 Å². The number of nitrogens with zero attached hydrogens (tertiary/aromatic N) is 4. The van der Waals surface area contributed by atoms with E-state index in [2.05, 4.69) is 15.4 Å². The number of para-hydroxylation sites is 1. The summed E-state index contributed by atoms with van der Waals surface area (Å²) in [4.78, 5) is 46.0. The molecule has 6 rings (SSSR count). The van der Waals surface area contributed by atoms with Crippen LogP contribution in [0.2, 0.25) is 10.0 Å². The van der Waals surface area contributed by atoms with Gasteiger partial charge in [0.1, 0.15) is 11.1 Å². The molecule has 1 aliphatic rings. The third-order valence-electron chi connectivity index (χ3n) is 6.12. The van der Waals surface area contributed by atoms with E-state index >= 15 is 0 Å². The Hall–Kier alpha value is -4.05. The first-order valence-corrected chi connectivity index (χ1v) is 13.0. The summed E-state index contributed by atoms with van der Waals surface area (Å²) in [6, 6.07) is 19.4. The van der Waals surface area contributed by atoms with Gasteiger partial charge in [-0.15, -0.1) is 5.10 Å². The quantitative estimate of drug-likeness (QED) is 0.352. The number of nitrogens with one attached hydrogen (secondary N) is 1. The first-order chi connectivity index (χ1) is 18.3. The van der Waals surface area contributed by atoms with Gasteiger partial charge in [-0.3, -0.25) is 19.3 Å². The summed E-state index contributed by atoms with van der Waals surface area (Å²) in [6.07, 6.45) is 0. The Bertz CT molecular complexity index is 1880. The molecule has 0 radical (unpaired) electrons. The maximum atomic E-state index is 13.6. The van der Waals surface area contributed by atoms with Crippen LogP contribution in [0.15, 0.2) is 71.5 Å². The molecule has 11 heteroatoms. The number of anilines is 2. The smallest absolute Gasteiger partial charge is 0.291 e. The first-order valence-electron chi connectivity index (χ1n) is 11.5. The van der Waals surface area contributed by atoms with Gasteiger partial charge in [0.2, 0.25) is 10.9 Å². The van der Waals surface area contributed by atoms with Crippen LogP contribution < -0.4 is 20.3 Å². The van der Waals surface area contributed by atoms with E-state index in [1.54, 1.807) is 54.6 Å². The van der Waals surface area contributed by atoms with Crippen molar-refractivity contribution in [3.8, 4) is 11.4 Å². The number of hydrogen-bond acceptors (Lipinski definition) is 6. The number of benzene rings is 3. The van der Waals surface area contributed by atoms with E-state index < -0.39 is 11.5 Å². The number of carbonyl (C=O) groups is 2. The van der Waals surface area contributed by atoms with Crippen LogP contribution in [0.5, 0.6) is 0 Å². The van der Waals surface area contributed by atoms with Gasteiger partial charge in [0.25, 0.3) is 11.5 Å². The fourth-order valence-corrected chi connectivity index (χ4v) is 5.80. The maximum absolute atomic E-state index is 13.6. The maximum Gasteiger partial charge on any atom is 0.291 e. The zero-order valence-electron chi connectivity index (χ0n) is 19.7. The molecule has 2 aromatic heterocycles. The number of thiazole rings is 1. The normalized spacial score (nSPS) is 14.3. The average molecular weight is 562 g/mol. The van der Waals surface area contributed by atoms with Crippen LogP contribution in [-0.4, -0.2) is 33.0 Å². The number of aromatic nitrogens is 3. The third-order valence-corrected chi connectivity index (χ3v) is 7.69. The standard InChI is InChI=1S/C27H17Cl2N5O3S/c1-14-6-9-16(10-7-14)30-21(35)13-33-20-5-3-2-4-18(20)22(25(33)36)23-26(37)34-27(38-23)31-24(32-34)17-11-8-15(28)12-19(17)29/h2-12H,13H2,1H3,(H,30,35). The molecule has 0 saturated heterocycles. The number of carbonyl (C=O) groups excluding carboxylic acids is 2. The van der Waals surface area contributed by atoms with E-state index in [0.29, 0.717) is 37.5 Å². The predicted molar refractivity (Wildman–Crippen MR) is 149 cm³/mol. The van der Waals surface area contributed by atoms with Crippen LogP contribution in [0.4, 0.5) is 11.4 Å². The molecule has 0 saturated carbocycles. The van der Waals surface area contributed by atoms with Gasteiger partial charge in [-0.2, -0.15) is 9.50 Å². The lowest BCUT2D eigenvalue weighted by atomic mass is 10.1. The van der Waals surface area contributed by atoms with E-state index in [1.807, 2.05) is 19.1 Å². The monoisotopic (exact) mass is 561 g/mol. The summed E-state index contributed by atoms with van der Waals surface area (Å²) in [5, 5.41) is 7.99. The fraction of sp³-hybridized carbons (Fsp3) is 0.0741. The van der Waals surface area contributed by atoms with Gasteiger partial charge in [0, 0.05) is 21.8 Å². The summed E-state index contributed by atoms with van der Waals surface area (Å²) in [6.45, 7) is 1.75. The highest BCUT2D eigenvalue weighted by molar-refractivity contribution is 7.15. The van der Waals surface area contributed by atoms with Crippen LogP contribution >= 0.6 is 34.5 Å². The topological polar surface area (TPSA) is 96.7 Å². The molecule has 0 fully saturated rings. The second-order valence-corrected chi connectivity index (χ2v) is 10.5. The number of fused-ring (bicyclic) bond motifs is 2. The fourth-order valence-electron chi connectivity index (χ4n) is 4.31. The van der Waals surface area contributed by atoms with Gasteiger partial charge in [-0.05, 0) is 43.3 Å². The van der Waals surface area contributed by atoms with E-state index in [4.69, 9.17) is 23.2 Å². The Morgan fingerprint density at radius 2 is 1.76 bits per heavy atom. The Morgan fingerprint density at radius 1 is 1.00 bits per heavy atom. The largest absolute Gasteiger partial charge is 0.325 e. The summed E-state index contributed by atoms with van der Waals surface area (Å²) in [7, 11) is 0. The third kappa shape index (κ3) is 4.14. The van der Waals surface area contributed by atoms with Crippen molar-refractivity contribution in [2.45, 2.75) is 6.92 Å². The molecule has 188 valence electrons. The van der Waals surface area contributed by atoms with E-state index in [-0.39, 0.29) is 28.4 Å². The molecule has 0 spiro atoms. The molecule has 5 aromatic rings. The Morgan fingerprint density at radius 3 is 2.50 bits per heavy atom. The number of halogens is 2. The van der Waals surface area contributed by atoms with Crippen LogP contribution in [0.1, 0.15) is 11.1 Å². The minimum absolute atomic E-state index is 0.202. The molecule has 2 amide bonds. The minimum Gasteiger partial charge on any atom is -0.325 e. The highest BCUT2D eigenvalue weighted by Crippen LogP contribution is 2.35. The zero-order chi connectivity index (χ0) is 26.6. The molecule has 8 nitrogen and oxygen atoms in total. The van der Waals surface area contributed by atoms with Gasteiger partial charge >= 0.3 is 0 Å². The summed E-state index contributed by atoms with van der Waals surface area (Å²) in [5.74, 6) is -0.514. The minimum atomic E-state index is -0.474. The molecule has 0 bridgehead atoms. The summed E-state index contributed by atoms with van der Waals surface area (Å²) >= 11 is 13.3. The number of aryl methyl sites for hydroxylation is 1. The van der Waals surface area contributed by atoms with Gasteiger partial charge in [0.05, 0.1) is 16.3 Å². The molecular formula is C27H17Cl2N5O3S. The molecule has 0 unspecified atom stereocenters. The lowest BCUT2D eigenvalue weighted by Crippen LogP contribution is -2.37. The van der Waals surface area contributed by atoms with Crippen molar-refractivity contribution < 1.29 is 9.59 Å². The molecule has 0 aliphatic carbocycles. The molecule has 3 aromatic carbocycles. The molecule has 1 aliphatic heterocycles. The average Bonchev–Trinajstić information content (AvgIpc) is 3.51. The van der Waals surface area contributed by atoms with Crippen molar-refractivity contribution >= 4 is 68.3 Å². The van der Waals surface area contributed by atoms with E-state index in [0.717, 1.165) is 21.4 Å². The Labute approximate surface area is 229 Å². The molecular weight excluding hydrogens is 545 g/mol. The predicted octanol–water partition coefficient (Wildman–Crippen LogP) is 4.34. The van der Waals surface area contributed by atoms with Gasteiger partial charge in [-0.1, -0.05) is 70.4 Å². The number of hydrogen-bond donors (Lipinski definition) is 1. The Balaban J connectivity index is 1.39. The number of amides is 2. The van der Waals surface area contributed by atoms with Crippen molar-refractivity contribution in [1.82, 2.24) is 14.6 Å². The first kappa shape index (κ1) is 24.3. The lowest BCUT2D eigenvalue weighted by Gasteiger charge is -2.16. The van der Waals surface area contributed by atoms with Crippen LogP contribution in [-0.2, 0) is 9.59 Å². The SMILES string of the molecule is Cc1ccc(NC(=O)CN2C(=O)C(=c3sc4nc(-c5ccc(Cl)cc5Cl)nn4c3=O)c3ccccc32)cc1. The highest BCUT2D eigenvalue weighted by atomic mass is 35.5. The Kier molecular flexibility index (Phi) is 5.98. The van der Waals surface area contributed by atoms with Crippen molar-refractivity contribution in [1.29, 1.82) is 0 Å². The van der Waals surface area contributed by atoms with Crippen molar-refractivity contribution in [2.75, 3.05) is 16.8 Å². The van der Waals surface area contributed by atoms with E-state index in [9.17, 15) is 14.4 Å². The second-order valence-electron chi connectivity index (χ2n) is 8.69. The second kappa shape index (κ2) is 9.36. The van der Waals surface area contributed by atoms with Crippen molar-refractivity contribution in [2.24, 2.45) is 0 Å². The molecule has 38 heavy (non-hydrogen) atoms. The highest BCUT2D eigenvalue weighted by Gasteiger charge is 2.35. The molecule has 3 heterocycles. The molecule has 1 N–H and O–H groups in total. The van der Waals surface area contributed by atoms with E-state index in [1.165, 1.54) is 4.90 Å². The van der Waals surface area contributed by atoms with Gasteiger partial charge < -0.3 is 5.32 Å². The van der Waals surface area contributed by atoms with Crippen LogP contribution in [0.25, 0.3) is 21.9 Å². The zero-order valence-corrected chi connectivity index (χ0v) is 22.1. The summed E-state index contributed by atoms with van der Waals surface area (Å²) < 4.78 is 1.36. The molecule has 0 atom stereocenters. The van der Waals surface area contributed by atoms with Gasteiger partial charge in [0.15, 0.2) is 5.82 Å². The lowest BCUT2D eigenvalue weighted by molar-refractivity contribution is -0.118. The van der Waals surface area contributed by atoms with Gasteiger partial charge in [-0.25, -0.2) is 0 Å². The summed E-state index contributed by atoms with van der Waals surface area (Å²) in [5.41, 5.74) is 3.11. The van der Waals surface area contributed by atoms with Crippen LogP contribution in [0.3, 0.4) is 0 Å². The van der Waals surface area contributed by atoms with Crippen LogP contribution in [0, 0.1) is 6.92 Å². The number of rotatable bonds is 4. The van der Waals surface area contributed by atoms with Crippen molar-refractivity contribution in [3.05, 3.63) is 103 Å².